The van der Waals surface area contributed by atoms with Crippen LogP contribution in [0.3, 0.4) is 0 Å². The molecule has 0 aromatic heterocycles. The van der Waals surface area contributed by atoms with Gasteiger partial charge < -0.3 is 9.84 Å². The third kappa shape index (κ3) is 17.6. The first-order valence-electron chi connectivity index (χ1n) is 10.5. The average Bonchev–Trinajstić information content (AvgIpc) is 2.58. The van der Waals surface area contributed by atoms with Crippen molar-refractivity contribution < 1.29 is 19.4 Å². The highest BCUT2D eigenvalue weighted by Crippen LogP contribution is 2.15. The number of carbonyl (C=O) groups excluding carboxylic acids is 1. The fourth-order valence-corrected chi connectivity index (χ4v) is 3.00. The fraction of sp³-hybridized carbons (Fsp3) is 0.905. The number of hydrogen-bond donors (Lipinski definition) is 1. The third-order valence-electron chi connectivity index (χ3n) is 4.65. The predicted molar refractivity (Wildman–Crippen MR) is 103 cm³/mol. The Morgan fingerprint density at radius 2 is 1.28 bits per heavy atom. The standard InChI is InChI=1S/C21H40O4/c1-3-5-6-7-8-10-13-16-19(4-2)25-21(24)18-15-12-9-11-14-17-20(22)23/h19H,3-18H2,1-2H3,(H,22,23). The van der Waals surface area contributed by atoms with E-state index in [1.165, 1.54) is 38.5 Å². The summed E-state index contributed by atoms with van der Waals surface area (Å²) in [5.41, 5.74) is 0. The molecule has 0 aromatic rings. The van der Waals surface area contributed by atoms with E-state index < -0.39 is 5.97 Å². The van der Waals surface area contributed by atoms with Crippen molar-refractivity contribution in [1.82, 2.24) is 0 Å². The van der Waals surface area contributed by atoms with Crippen molar-refractivity contribution in [2.45, 2.75) is 123 Å². The smallest absolute Gasteiger partial charge is 0.306 e. The van der Waals surface area contributed by atoms with Crippen LogP contribution in [0.1, 0.15) is 117 Å². The molecule has 1 unspecified atom stereocenters. The van der Waals surface area contributed by atoms with Crippen LogP contribution in [0.2, 0.25) is 0 Å². The second-order valence-corrected chi connectivity index (χ2v) is 7.09. The Morgan fingerprint density at radius 3 is 1.84 bits per heavy atom. The Morgan fingerprint density at radius 1 is 0.760 bits per heavy atom. The maximum absolute atomic E-state index is 11.9. The van der Waals surface area contributed by atoms with Gasteiger partial charge in [0.25, 0.3) is 0 Å². The topological polar surface area (TPSA) is 63.6 Å². The molecule has 0 aromatic carbocycles. The number of carbonyl (C=O) groups is 2. The molecule has 0 aliphatic rings. The minimum Gasteiger partial charge on any atom is -0.481 e. The number of rotatable bonds is 18. The molecule has 0 amide bonds. The maximum Gasteiger partial charge on any atom is 0.306 e. The second kappa shape index (κ2) is 17.8. The number of carboxylic acid groups (broad SMARTS) is 1. The molecule has 0 saturated heterocycles. The minimum absolute atomic E-state index is 0.0691. The van der Waals surface area contributed by atoms with Gasteiger partial charge in [0.1, 0.15) is 6.10 Å². The molecule has 0 spiro atoms. The Labute approximate surface area is 154 Å². The van der Waals surface area contributed by atoms with Gasteiger partial charge in [-0.3, -0.25) is 9.59 Å². The molecule has 0 heterocycles. The van der Waals surface area contributed by atoms with E-state index in [0.29, 0.717) is 6.42 Å². The Hall–Kier alpha value is -1.06. The summed E-state index contributed by atoms with van der Waals surface area (Å²) in [6.07, 6.45) is 16.2. The van der Waals surface area contributed by atoms with Crippen LogP contribution in [-0.2, 0) is 14.3 Å². The van der Waals surface area contributed by atoms with E-state index in [0.717, 1.165) is 51.4 Å². The van der Waals surface area contributed by atoms with Crippen LogP contribution in [-0.4, -0.2) is 23.1 Å². The van der Waals surface area contributed by atoms with Crippen LogP contribution in [0.25, 0.3) is 0 Å². The monoisotopic (exact) mass is 356 g/mol. The van der Waals surface area contributed by atoms with Gasteiger partial charge in [0, 0.05) is 12.8 Å². The maximum atomic E-state index is 11.9. The number of carboxylic acids is 1. The van der Waals surface area contributed by atoms with Gasteiger partial charge in [-0.15, -0.1) is 0 Å². The van der Waals surface area contributed by atoms with E-state index in [-0.39, 0.29) is 18.5 Å². The van der Waals surface area contributed by atoms with Crippen molar-refractivity contribution in [3.05, 3.63) is 0 Å². The summed E-state index contributed by atoms with van der Waals surface area (Å²) < 4.78 is 5.59. The molecule has 4 heteroatoms. The van der Waals surface area contributed by atoms with Gasteiger partial charge in [-0.05, 0) is 32.1 Å². The summed E-state index contributed by atoms with van der Waals surface area (Å²) in [7, 11) is 0. The minimum atomic E-state index is -0.727. The molecule has 0 aliphatic carbocycles. The molecule has 4 nitrogen and oxygen atoms in total. The van der Waals surface area contributed by atoms with Crippen molar-refractivity contribution in [3.63, 3.8) is 0 Å². The molecular formula is C21H40O4. The third-order valence-corrected chi connectivity index (χ3v) is 4.65. The Balaban J connectivity index is 3.54. The molecule has 148 valence electrons. The molecule has 0 bridgehead atoms. The normalized spacial score (nSPS) is 12.1. The lowest BCUT2D eigenvalue weighted by Crippen LogP contribution is -2.17. The summed E-state index contributed by atoms with van der Waals surface area (Å²) in [6.45, 7) is 4.32. The lowest BCUT2D eigenvalue weighted by Gasteiger charge is -2.16. The van der Waals surface area contributed by atoms with Gasteiger partial charge >= 0.3 is 11.9 Å². The van der Waals surface area contributed by atoms with Crippen LogP contribution in [0, 0.1) is 0 Å². The zero-order chi connectivity index (χ0) is 18.8. The van der Waals surface area contributed by atoms with Gasteiger partial charge in [-0.2, -0.15) is 0 Å². The van der Waals surface area contributed by atoms with Crippen molar-refractivity contribution in [2.75, 3.05) is 0 Å². The van der Waals surface area contributed by atoms with E-state index in [4.69, 9.17) is 9.84 Å². The highest BCUT2D eigenvalue weighted by atomic mass is 16.5. The van der Waals surface area contributed by atoms with E-state index in [9.17, 15) is 9.59 Å². The van der Waals surface area contributed by atoms with Crippen molar-refractivity contribution in [1.29, 1.82) is 0 Å². The second-order valence-electron chi connectivity index (χ2n) is 7.09. The molecule has 0 fully saturated rings. The van der Waals surface area contributed by atoms with Gasteiger partial charge in [0.15, 0.2) is 0 Å². The van der Waals surface area contributed by atoms with Crippen LogP contribution in [0.15, 0.2) is 0 Å². The molecule has 25 heavy (non-hydrogen) atoms. The summed E-state index contributed by atoms with van der Waals surface area (Å²) in [6, 6.07) is 0. The fourth-order valence-electron chi connectivity index (χ4n) is 3.00. The number of unbranched alkanes of at least 4 members (excludes halogenated alkanes) is 10. The Bertz CT molecular complexity index is 328. The quantitative estimate of drug-likeness (QED) is 0.232. The van der Waals surface area contributed by atoms with Gasteiger partial charge in [0.05, 0.1) is 0 Å². The van der Waals surface area contributed by atoms with Crippen LogP contribution >= 0.6 is 0 Å². The van der Waals surface area contributed by atoms with Crippen LogP contribution < -0.4 is 0 Å². The van der Waals surface area contributed by atoms with E-state index in [2.05, 4.69) is 13.8 Å². The molecule has 1 N–H and O–H groups in total. The molecular weight excluding hydrogens is 316 g/mol. The summed E-state index contributed by atoms with van der Waals surface area (Å²) >= 11 is 0. The average molecular weight is 357 g/mol. The summed E-state index contributed by atoms with van der Waals surface area (Å²) in [5, 5.41) is 8.56. The molecule has 0 rings (SSSR count). The zero-order valence-electron chi connectivity index (χ0n) is 16.6. The van der Waals surface area contributed by atoms with Crippen molar-refractivity contribution in [3.8, 4) is 0 Å². The number of aliphatic carboxylic acids is 1. The first kappa shape index (κ1) is 23.9. The van der Waals surface area contributed by atoms with Crippen LogP contribution in [0.5, 0.6) is 0 Å². The zero-order valence-corrected chi connectivity index (χ0v) is 16.6. The molecule has 0 aliphatic heterocycles. The first-order chi connectivity index (χ1) is 12.1. The molecule has 1 atom stereocenters. The lowest BCUT2D eigenvalue weighted by molar-refractivity contribution is -0.149. The highest BCUT2D eigenvalue weighted by molar-refractivity contribution is 5.69. The number of hydrogen-bond acceptors (Lipinski definition) is 3. The van der Waals surface area contributed by atoms with Gasteiger partial charge in [-0.1, -0.05) is 71.6 Å². The van der Waals surface area contributed by atoms with E-state index in [1.807, 2.05) is 0 Å². The van der Waals surface area contributed by atoms with Gasteiger partial charge in [0.2, 0.25) is 0 Å². The largest absolute Gasteiger partial charge is 0.481 e. The molecule has 0 radical (unpaired) electrons. The first-order valence-corrected chi connectivity index (χ1v) is 10.5. The lowest BCUT2D eigenvalue weighted by atomic mass is 10.1. The van der Waals surface area contributed by atoms with E-state index >= 15 is 0 Å². The van der Waals surface area contributed by atoms with Crippen molar-refractivity contribution >= 4 is 11.9 Å². The van der Waals surface area contributed by atoms with Crippen LogP contribution in [0.4, 0.5) is 0 Å². The Kier molecular flexibility index (Phi) is 17.0. The summed E-state index contributed by atoms with van der Waals surface area (Å²) in [5.74, 6) is -0.796. The predicted octanol–water partition coefficient (Wildman–Crippen LogP) is 6.26. The number of esters is 1. The number of ether oxygens (including phenoxy) is 1. The van der Waals surface area contributed by atoms with Gasteiger partial charge in [-0.25, -0.2) is 0 Å². The summed E-state index contributed by atoms with van der Waals surface area (Å²) in [4.78, 5) is 22.3. The molecule has 0 saturated carbocycles. The van der Waals surface area contributed by atoms with Crippen molar-refractivity contribution in [2.24, 2.45) is 0 Å². The SMILES string of the molecule is CCCCCCCCCC(CC)OC(=O)CCCCCCCC(=O)O. The van der Waals surface area contributed by atoms with E-state index in [1.54, 1.807) is 0 Å². The highest BCUT2D eigenvalue weighted by Gasteiger charge is 2.12.